The summed E-state index contributed by atoms with van der Waals surface area (Å²) in [7, 11) is 1.67. The molecular formula is C14H22N2O3. The second kappa shape index (κ2) is 7.76. The Labute approximate surface area is 113 Å². The van der Waals surface area contributed by atoms with E-state index in [1.165, 1.54) is 5.56 Å². The van der Waals surface area contributed by atoms with Crippen LogP contribution in [0.5, 0.6) is 5.75 Å². The highest BCUT2D eigenvalue weighted by Gasteiger charge is 2.10. The minimum absolute atomic E-state index is 0.423. The minimum Gasteiger partial charge on any atom is -0.496 e. The van der Waals surface area contributed by atoms with Crippen LogP contribution in [0.2, 0.25) is 0 Å². The average molecular weight is 266 g/mol. The molecule has 0 amide bonds. The number of ether oxygens (including phenoxy) is 1. The summed E-state index contributed by atoms with van der Waals surface area (Å²) in [5.74, 6) is -0.0568. The summed E-state index contributed by atoms with van der Waals surface area (Å²) < 4.78 is 5.27. The van der Waals surface area contributed by atoms with Gasteiger partial charge in [0.25, 0.3) is 0 Å². The third-order valence-corrected chi connectivity index (χ3v) is 3.00. The summed E-state index contributed by atoms with van der Waals surface area (Å²) in [6, 6.07) is 5.26. The fourth-order valence-electron chi connectivity index (χ4n) is 1.83. The number of carbonyl (C=O) groups is 1. The second-order valence-electron chi connectivity index (χ2n) is 4.41. The molecular weight excluding hydrogens is 244 g/mol. The molecule has 1 rings (SSSR count). The molecule has 106 valence electrons. The molecule has 1 aromatic rings. The van der Waals surface area contributed by atoms with E-state index in [0.29, 0.717) is 19.5 Å². The normalized spacial score (nSPS) is 12.2. The molecule has 1 atom stereocenters. The lowest BCUT2D eigenvalue weighted by atomic mass is 10.1. The van der Waals surface area contributed by atoms with Crippen LogP contribution in [-0.2, 0) is 17.8 Å². The van der Waals surface area contributed by atoms with Crippen molar-refractivity contribution in [2.75, 3.05) is 13.7 Å². The number of hydrogen-bond donors (Lipinski definition) is 3. The fourth-order valence-corrected chi connectivity index (χ4v) is 1.83. The molecule has 0 aliphatic carbocycles. The molecule has 0 fully saturated rings. The predicted molar refractivity (Wildman–Crippen MR) is 74.3 cm³/mol. The van der Waals surface area contributed by atoms with Crippen molar-refractivity contribution >= 4 is 5.97 Å². The summed E-state index contributed by atoms with van der Waals surface area (Å²) in [6.45, 7) is 3.37. The van der Waals surface area contributed by atoms with Crippen LogP contribution in [0.4, 0.5) is 0 Å². The first-order valence-corrected chi connectivity index (χ1v) is 6.43. The number of aryl methyl sites for hydroxylation is 1. The van der Waals surface area contributed by atoms with Gasteiger partial charge in [-0.15, -0.1) is 0 Å². The van der Waals surface area contributed by atoms with E-state index in [9.17, 15) is 4.79 Å². The zero-order valence-corrected chi connectivity index (χ0v) is 11.5. The lowest BCUT2D eigenvalue weighted by Crippen LogP contribution is -2.33. The van der Waals surface area contributed by atoms with Crippen molar-refractivity contribution < 1.29 is 14.6 Å². The highest BCUT2D eigenvalue weighted by atomic mass is 16.5. The van der Waals surface area contributed by atoms with Gasteiger partial charge in [-0.05, 0) is 36.6 Å². The largest absolute Gasteiger partial charge is 0.496 e. The van der Waals surface area contributed by atoms with Gasteiger partial charge in [0.1, 0.15) is 11.8 Å². The summed E-state index contributed by atoms with van der Waals surface area (Å²) in [5.41, 5.74) is 7.75. The van der Waals surface area contributed by atoms with Gasteiger partial charge in [0.2, 0.25) is 0 Å². The second-order valence-corrected chi connectivity index (χ2v) is 4.41. The van der Waals surface area contributed by atoms with Gasteiger partial charge in [0.15, 0.2) is 0 Å². The van der Waals surface area contributed by atoms with Gasteiger partial charge in [-0.25, -0.2) is 0 Å². The number of nitrogens with one attached hydrogen (secondary N) is 1. The molecule has 0 saturated carbocycles. The number of methoxy groups -OCH3 is 1. The number of nitrogens with two attached hydrogens (primary N) is 1. The Morgan fingerprint density at radius 1 is 1.53 bits per heavy atom. The smallest absolute Gasteiger partial charge is 0.320 e. The van der Waals surface area contributed by atoms with Gasteiger partial charge in [-0.1, -0.05) is 19.1 Å². The van der Waals surface area contributed by atoms with E-state index >= 15 is 0 Å². The van der Waals surface area contributed by atoms with E-state index in [-0.39, 0.29) is 0 Å². The summed E-state index contributed by atoms with van der Waals surface area (Å²) in [5, 5.41) is 11.8. The van der Waals surface area contributed by atoms with Crippen LogP contribution in [-0.4, -0.2) is 30.8 Å². The van der Waals surface area contributed by atoms with E-state index in [1.807, 2.05) is 12.1 Å². The number of benzene rings is 1. The van der Waals surface area contributed by atoms with Crippen molar-refractivity contribution in [3.05, 3.63) is 29.3 Å². The lowest BCUT2D eigenvalue weighted by molar-refractivity contribution is -0.138. The summed E-state index contributed by atoms with van der Waals surface area (Å²) in [4.78, 5) is 10.6. The van der Waals surface area contributed by atoms with Gasteiger partial charge >= 0.3 is 5.97 Å². The maximum atomic E-state index is 10.6. The first-order valence-electron chi connectivity index (χ1n) is 6.43. The first-order chi connectivity index (χ1) is 9.08. The van der Waals surface area contributed by atoms with Crippen molar-refractivity contribution in [1.29, 1.82) is 0 Å². The molecule has 19 heavy (non-hydrogen) atoms. The Morgan fingerprint density at radius 2 is 2.26 bits per heavy atom. The quantitative estimate of drug-likeness (QED) is 0.615. The summed E-state index contributed by atoms with van der Waals surface area (Å²) >= 11 is 0. The van der Waals surface area contributed by atoms with Crippen LogP contribution < -0.4 is 15.8 Å². The van der Waals surface area contributed by atoms with Gasteiger partial charge in [-0.3, -0.25) is 4.79 Å². The van der Waals surface area contributed by atoms with Gasteiger partial charge < -0.3 is 20.9 Å². The van der Waals surface area contributed by atoms with Crippen molar-refractivity contribution in [3.8, 4) is 5.75 Å². The molecule has 0 bridgehead atoms. The molecule has 0 aliphatic rings. The SMILES string of the molecule is CCc1cc(CNCCC(N)C(=O)O)ccc1OC. The van der Waals surface area contributed by atoms with Gasteiger partial charge in [0.05, 0.1) is 7.11 Å². The molecule has 0 aromatic heterocycles. The Kier molecular flexibility index (Phi) is 6.32. The molecule has 0 heterocycles. The maximum absolute atomic E-state index is 10.6. The minimum atomic E-state index is -0.959. The zero-order valence-electron chi connectivity index (χ0n) is 11.5. The molecule has 5 nitrogen and oxygen atoms in total. The number of aliphatic carboxylic acids is 1. The van der Waals surface area contributed by atoms with E-state index in [4.69, 9.17) is 15.6 Å². The Hall–Kier alpha value is -1.59. The number of rotatable bonds is 8. The molecule has 1 unspecified atom stereocenters. The van der Waals surface area contributed by atoms with E-state index in [0.717, 1.165) is 17.7 Å². The van der Waals surface area contributed by atoms with E-state index in [2.05, 4.69) is 18.3 Å². The van der Waals surface area contributed by atoms with Crippen molar-refractivity contribution in [2.45, 2.75) is 32.4 Å². The van der Waals surface area contributed by atoms with Crippen LogP contribution in [0.3, 0.4) is 0 Å². The van der Waals surface area contributed by atoms with Crippen molar-refractivity contribution in [1.82, 2.24) is 5.32 Å². The molecule has 0 radical (unpaired) electrons. The highest BCUT2D eigenvalue weighted by Crippen LogP contribution is 2.20. The Balaban J connectivity index is 2.43. The predicted octanol–water partition coefficient (Wildman–Crippen LogP) is 1.15. The molecule has 1 aromatic carbocycles. The topological polar surface area (TPSA) is 84.6 Å². The molecule has 0 spiro atoms. The Morgan fingerprint density at radius 3 is 2.84 bits per heavy atom. The highest BCUT2D eigenvalue weighted by molar-refractivity contribution is 5.72. The average Bonchev–Trinajstić information content (AvgIpc) is 2.42. The van der Waals surface area contributed by atoms with Crippen LogP contribution >= 0.6 is 0 Å². The standard InChI is InChI=1S/C14H22N2O3/c1-3-11-8-10(4-5-13(11)19-2)9-16-7-6-12(15)14(17)18/h4-5,8,12,16H,3,6-7,9,15H2,1-2H3,(H,17,18). The van der Waals surface area contributed by atoms with E-state index in [1.54, 1.807) is 7.11 Å². The molecule has 4 N–H and O–H groups in total. The maximum Gasteiger partial charge on any atom is 0.320 e. The lowest BCUT2D eigenvalue weighted by Gasteiger charge is -2.11. The van der Waals surface area contributed by atoms with Crippen LogP contribution in [0.1, 0.15) is 24.5 Å². The van der Waals surface area contributed by atoms with Gasteiger partial charge in [-0.2, -0.15) is 0 Å². The van der Waals surface area contributed by atoms with Crippen LogP contribution in [0, 0.1) is 0 Å². The number of carboxylic acids is 1. The van der Waals surface area contributed by atoms with E-state index < -0.39 is 12.0 Å². The van der Waals surface area contributed by atoms with Gasteiger partial charge in [0, 0.05) is 6.54 Å². The van der Waals surface area contributed by atoms with Crippen molar-refractivity contribution in [2.24, 2.45) is 5.73 Å². The summed E-state index contributed by atoms with van der Waals surface area (Å²) in [6.07, 6.45) is 1.34. The first kappa shape index (κ1) is 15.5. The Bertz CT molecular complexity index is 421. The van der Waals surface area contributed by atoms with Crippen molar-refractivity contribution in [3.63, 3.8) is 0 Å². The molecule has 5 heteroatoms. The number of carboxylic acid groups (broad SMARTS) is 1. The van der Waals surface area contributed by atoms with Crippen LogP contribution in [0.25, 0.3) is 0 Å². The van der Waals surface area contributed by atoms with Crippen LogP contribution in [0.15, 0.2) is 18.2 Å². The third kappa shape index (κ3) is 4.89. The monoisotopic (exact) mass is 266 g/mol. The number of hydrogen-bond acceptors (Lipinski definition) is 4. The third-order valence-electron chi connectivity index (χ3n) is 3.00. The molecule has 0 saturated heterocycles. The zero-order chi connectivity index (χ0) is 14.3. The molecule has 0 aliphatic heterocycles. The fraction of sp³-hybridized carbons (Fsp3) is 0.500.